The highest BCUT2D eigenvalue weighted by Crippen LogP contribution is 2.17. The van der Waals surface area contributed by atoms with Crippen LogP contribution in [-0.2, 0) is 6.42 Å². The SMILES string of the molecule is CCNc1ncc(Br)cc1C(=O)NCCc1nc(C)no1. The van der Waals surface area contributed by atoms with Crippen LogP contribution < -0.4 is 10.6 Å². The lowest BCUT2D eigenvalue weighted by molar-refractivity contribution is 0.0954. The number of aromatic nitrogens is 3. The highest BCUT2D eigenvalue weighted by molar-refractivity contribution is 9.10. The first kappa shape index (κ1) is 15.4. The highest BCUT2D eigenvalue weighted by atomic mass is 79.9. The molecule has 7 nitrogen and oxygen atoms in total. The van der Waals surface area contributed by atoms with Crippen LogP contribution in [0.25, 0.3) is 0 Å². The Bertz CT molecular complexity index is 629. The number of amides is 1. The van der Waals surface area contributed by atoms with E-state index in [2.05, 4.69) is 41.7 Å². The third-order valence-corrected chi connectivity index (χ3v) is 3.07. The first-order valence-corrected chi connectivity index (χ1v) is 7.36. The standard InChI is InChI=1S/C13H16BrN5O2/c1-3-15-12-10(6-9(14)7-17-12)13(20)16-5-4-11-18-8(2)19-21-11/h6-7H,3-5H2,1-2H3,(H,15,17)(H,16,20). The predicted octanol–water partition coefficient (Wildman–Crippen LogP) is 1.94. The zero-order valence-corrected chi connectivity index (χ0v) is 13.4. The molecule has 2 N–H and O–H groups in total. The van der Waals surface area contributed by atoms with Crippen molar-refractivity contribution in [2.75, 3.05) is 18.4 Å². The van der Waals surface area contributed by atoms with Crippen molar-refractivity contribution >= 4 is 27.7 Å². The van der Waals surface area contributed by atoms with Crippen molar-refractivity contribution in [2.24, 2.45) is 0 Å². The summed E-state index contributed by atoms with van der Waals surface area (Å²) in [5, 5.41) is 9.57. The number of aryl methyl sites for hydroxylation is 1. The molecule has 112 valence electrons. The molecule has 0 unspecified atom stereocenters. The second-order valence-corrected chi connectivity index (χ2v) is 5.24. The number of halogens is 1. The zero-order chi connectivity index (χ0) is 15.2. The van der Waals surface area contributed by atoms with Crippen molar-refractivity contribution in [3.8, 4) is 0 Å². The van der Waals surface area contributed by atoms with E-state index in [1.807, 2.05) is 6.92 Å². The molecule has 1 amide bonds. The smallest absolute Gasteiger partial charge is 0.255 e. The summed E-state index contributed by atoms with van der Waals surface area (Å²) in [6.45, 7) is 4.81. The van der Waals surface area contributed by atoms with Crippen LogP contribution in [0.5, 0.6) is 0 Å². The van der Waals surface area contributed by atoms with Crippen molar-refractivity contribution in [3.05, 3.63) is 34.0 Å². The van der Waals surface area contributed by atoms with Gasteiger partial charge in [0.2, 0.25) is 5.89 Å². The minimum Gasteiger partial charge on any atom is -0.370 e. The van der Waals surface area contributed by atoms with Crippen LogP contribution in [0.4, 0.5) is 5.82 Å². The maximum absolute atomic E-state index is 12.2. The van der Waals surface area contributed by atoms with E-state index in [0.29, 0.717) is 42.6 Å². The number of anilines is 1. The van der Waals surface area contributed by atoms with Crippen molar-refractivity contribution in [1.29, 1.82) is 0 Å². The first-order chi connectivity index (χ1) is 10.1. The molecule has 0 saturated heterocycles. The summed E-state index contributed by atoms with van der Waals surface area (Å²) in [5.41, 5.74) is 0.493. The average molecular weight is 354 g/mol. The van der Waals surface area contributed by atoms with E-state index in [4.69, 9.17) is 4.52 Å². The molecule has 0 fully saturated rings. The molecule has 0 bridgehead atoms. The normalized spacial score (nSPS) is 10.4. The zero-order valence-electron chi connectivity index (χ0n) is 11.8. The Morgan fingerprint density at radius 2 is 2.29 bits per heavy atom. The van der Waals surface area contributed by atoms with Gasteiger partial charge in [-0.15, -0.1) is 0 Å². The molecule has 0 aliphatic heterocycles. The van der Waals surface area contributed by atoms with Gasteiger partial charge in [0.25, 0.3) is 5.91 Å². The lowest BCUT2D eigenvalue weighted by Gasteiger charge is -2.10. The van der Waals surface area contributed by atoms with Crippen molar-refractivity contribution < 1.29 is 9.32 Å². The van der Waals surface area contributed by atoms with E-state index in [1.165, 1.54) is 0 Å². The number of nitrogens with zero attached hydrogens (tertiary/aromatic N) is 3. The van der Waals surface area contributed by atoms with Crippen LogP contribution in [-0.4, -0.2) is 34.1 Å². The van der Waals surface area contributed by atoms with E-state index in [9.17, 15) is 4.79 Å². The quantitative estimate of drug-likeness (QED) is 0.824. The van der Waals surface area contributed by atoms with Gasteiger partial charge in [-0.2, -0.15) is 4.98 Å². The van der Waals surface area contributed by atoms with Crippen LogP contribution in [0, 0.1) is 6.92 Å². The third-order valence-electron chi connectivity index (χ3n) is 2.64. The van der Waals surface area contributed by atoms with Gasteiger partial charge in [-0.25, -0.2) is 4.98 Å². The highest BCUT2D eigenvalue weighted by Gasteiger charge is 2.13. The molecule has 0 saturated carbocycles. The van der Waals surface area contributed by atoms with Crippen LogP contribution in [0.1, 0.15) is 29.0 Å². The minimum atomic E-state index is -0.198. The first-order valence-electron chi connectivity index (χ1n) is 6.57. The summed E-state index contributed by atoms with van der Waals surface area (Å²) >= 11 is 3.32. The molecule has 0 aromatic carbocycles. The lowest BCUT2D eigenvalue weighted by atomic mass is 10.2. The van der Waals surface area contributed by atoms with Crippen molar-refractivity contribution in [2.45, 2.75) is 20.3 Å². The summed E-state index contributed by atoms with van der Waals surface area (Å²) in [5.74, 6) is 1.46. The minimum absolute atomic E-state index is 0.198. The number of hydrogen-bond donors (Lipinski definition) is 2. The second kappa shape index (κ2) is 7.16. The Labute approximate surface area is 130 Å². The van der Waals surface area contributed by atoms with Gasteiger partial charge in [-0.3, -0.25) is 4.79 Å². The van der Waals surface area contributed by atoms with Crippen LogP contribution in [0.2, 0.25) is 0 Å². The molecule has 0 spiro atoms. The fraction of sp³-hybridized carbons (Fsp3) is 0.385. The van der Waals surface area contributed by atoms with E-state index in [-0.39, 0.29) is 5.91 Å². The Morgan fingerprint density at radius 1 is 1.48 bits per heavy atom. The van der Waals surface area contributed by atoms with Crippen LogP contribution >= 0.6 is 15.9 Å². The molecule has 2 heterocycles. The number of carbonyl (C=O) groups excluding carboxylic acids is 1. The molecule has 0 atom stereocenters. The summed E-state index contributed by atoms with van der Waals surface area (Å²) in [6, 6.07) is 1.73. The Hall–Kier alpha value is -1.96. The van der Waals surface area contributed by atoms with Gasteiger partial charge in [0.1, 0.15) is 5.82 Å². The van der Waals surface area contributed by atoms with Gasteiger partial charge in [0.15, 0.2) is 5.82 Å². The maximum Gasteiger partial charge on any atom is 0.255 e. The summed E-state index contributed by atoms with van der Waals surface area (Å²) in [6.07, 6.45) is 2.14. The molecule has 0 aliphatic rings. The largest absolute Gasteiger partial charge is 0.370 e. The van der Waals surface area contributed by atoms with E-state index in [1.54, 1.807) is 19.2 Å². The number of pyridine rings is 1. The monoisotopic (exact) mass is 353 g/mol. The van der Waals surface area contributed by atoms with E-state index >= 15 is 0 Å². The summed E-state index contributed by atoms with van der Waals surface area (Å²) < 4.78 is 5.74. The number of carbonyl (C=O) groups is 1. The van der Waals surface area contributed by atoms with Crippen LogP contribution in [0.15, 0.2) is 21.3 Å². The Kier molecular flexibility index (Phi) is 5.26. The van der Waals surface area contributed by atoms with Crippen molar-refractivity contribution in [3.63, 3.8) is 0 Å². The summed E-state index contributed by atoms with van der Waals surface area (Å²) in [4.78, 5) is 20.5. The number of nitrogens with one attached hydrogen (secondary N) is 2. The molecule has 2 rings (SSSR count). The molecule has 0 radical (unpaired) electrons. The predicted molar refractivity (Wildman–Crippen MR) is 81.2 cm³/mol. The molecular weight excluding hydrogens is 338 g/mol. The molecular formula is C13H16BrN5O2. The maximum atomic E-state index is 12.2. The van der Waals surface area contributed by atoms with Gasteiger partial charge in [-0.1, -0.05) is 5.16 Å². The molecule has 2 aromatic rings. The summed E-state index contributed by atoms with van der Waals surface area (Å²) in [7, 11) is 0. The van der Waals surface area contributed by atoms with Crippen LogP contribution in [0.3, 0.4) is 0 Å². The van der Waals surface area contributed by atoms with E-state index < -0.39 is 0 Å². The Morgan fingerprint density at radius 3 is 2.95 bits per heavy atom. The van der Waals surface area contributed by atoms with Gasteiger partial charge >= 0.3 is 0 Å². The van der Waals surface area contributed by atoms with Gasteiger partial charge in [-0.05, 0) is 35.8 Å². The lowest BCUT2D eigenvalue weighted by Crippen LogP contribution is -2.27. The third kappa shape index (κ3) is 4.25. The fourth-order valence-corrected chi connectivity index (χ4v) is 2.07. The van der Waals surface area contributed by atoms with E-state index in [0.717, 1.165) is 4.47 Å². The molecule has 8 heteroatoms. The Balaban J connectivity index is 1.97. The number of hydrogen-bond acceptors (Lipinski definition) is 6. The van der Waals surface area contributed by atoms with Gasteiger partial charge < -0.3 is 15.2 Å². The molecule has 21 heavy (non-hydrogen) atoms. The van der Waals surface area contributed by atoms with Crippen molar-refractivity contribution in [1.82, 2.24) is 20.4 Å². The molecule has 2 aromatic heterocycles. The second-order valence-electron chi connectivity index (χ2n) is 4.32. The number of rotatable bonds is 6. The topological polar surface area (TPSA) is 92.9 Å². The van der Waals surface area contributed by atoms with Gasteiger partial charge in [0.05, 0.1) is 5.56 Å². The fourth-order valence-electron chi connectivity index (χ4n) is 1.74. The molecule has 0 aliphatic carbocycles. The average Bonchev–Trinajstić information content (AvgIpc) is 2.86. The van der Waals surface area contributed by atoms with Gasteiger partial charge in [0, 0.05) is 30.2 Å².